The van der Waals surface area contributed by atoms with Crippen molar-refractivity contribution in [3.05, 3.63) is 57.0 Å². The minimum absolute atomic E-state index is 0.0771. The number of nitrogens with zero attached hydrogens (tertiary/aromatic N) is 2. The summed E-state index contributed by atoms with van der Waals surface area (Å²) in [6.07, 6.45) is -3.99. The van der Waals surface area contributed by atoms with Crippen molar-refractivity contribution in [2.45, 2.75) is 26.1 Å². The molecule has 1 aromatic carbocycles. The number of rotatable bonds is 4. The van der Waals surface area contributed by atoms with E-state index in [4.69, 9.17) is 11.6 Å². The number of hydrogen-bond donors (Lipinski definition) is 1. The number of carbonyl (C=O) groups is 1. The van der Waals surface area contributed by atoms with Gasteiger partial charge in [0.15, 0.2) is 0 Å². The van der Waals surface area contributed by atoms with Crippen LogP contribution in [0, 0.1) is 0 Å². The number of alkyl halides is 3. The highest BCUT2D eigenvalue weighted by atomic mass is 35.5. The van der Waals surface area contributed by atoms with Gasteiger partial charge in [0.25, 0.3) is 11.5 Å². The van der Waals surface area contributed by atoms with E-state index >= 15 is 0 Å². The molecule has 128 valence electrons. The Morgan fingerprint density at radius 1 is 1.29 bits per heavy atom. The lowest BCUT2D eigenvalue weighted by Gasteiger charge is -2.12. The molecule has 0 fully saturated rings. The summed E-state index contributed by atoms with van der Waals surface area (Å²) in [6, 6.07) is 5.43. The number of carbonyl (C=O) groups excluding carboxylic acids is 1. The topological polar surface area (TPSA) is 64.0 Å². The van der Waals surface area contributed by atoms with E-state index in [0.717, 1.165) is 16.8 Å². The lowest BCUT2D eigenvalue weighted by atomic mass is 10.2. The van der Waals surface area contributed by atoms with Crippen LogP contribution < -0.4 is 10.9 Å². The van der Waals surface area contributed by atoms with Crippen molar-refractivity contribution in [3.63, 3.8) is 0 Å². The Bertz CT molecular complexity index is 818. The Morgan fingerprint density at radius 3 is 2.62 bits per heavy atom. The van der Waals surface area contributed by atoms with E-state index in [0.29, 0.717) is 13.0 Å². The SMILES string of the molecule is CCCn1nc(C(=O)Nc2ccc(Cl)c(C(F)(F)F)c2)ccc1=O. The van der Waals surface area contributed by atoms with Crippen molar-refractivity contribution in [2.24, 2.45) is 0 Å². The van der Waals surface area contributed by atoms with E-state index in [2.05, 4.69) is 10.4 Å². The lowest BCUT2D eigenvalue weighted by Crippen LogP contribution is -2.26. The van der Waals surface area contributed by atoms with Gasteiger partial charge in [-0.3, -0.25) is 9.59 Å². The molecule has 0 saturated heterocycles. The zero-order valence-electron chi connectivity index (χ0n) is 12.5. The molecule has 0 unspecified atom stereocenters. The Hall–Kier alpha value is -2.35. The van der Waals surface area contributed by atoms with Crippen molar-refractivity contribution in [1.29, 1.82) is 0 Å². The molecule has 0 saturated carbocycles. The van der Waals surface area contributed by atoms with Crippen molar-refractivity contribution < 1.29 is 18.0 Å². The maximum absolute atomic E-state index is 12.8. The molecule has 5 nitrogen and oxygen atoms in total. The molecule has 1 heterocycles. The van der Waals surface area contributed by atoms with Gasteiger partial charge in [0, 0.05) is 18.3 Å². The lowest BCUT2D eigenvalue weighted by molar-refractivity contribution is -0.137. The molecular weight excluding hydrogens is 347 g/mol. The third-order valence-corrected chi connectivity index (χ3v) is 3.39. The molecule has 2 rings (SSSR count). The molecule has 0 aliphatic carbocycles. The van der Waals surface area contributed by atoms with Crippen LogP contribution in [0.4, 0.5) is 18.9 Å². The minimum Gasteiger partial charge on any atom is -0.321 e. The molecule has 0 spiro atoms. The van der Waals surface area contributed by atoms with E-state index in [1.165, 1.54) is 18.2 Å². The average molecular weight is 360 g/mol. The summed E-state index contributed by atoms with van der Waals surface area (Å²) in [4.78, 5) is 23.7. The van der Waals surface area contributed by atoms with E-state index in [-0.39, 0.29) is 16.9 Å². The molecule has 24 heavy (non-hydrogen) atoms. The van der Waals surface area contributed by atoms with Crippen molar-refractivity contribution >= 4 is 23.2 Å². The Balaban J connectivity index is 2.27. The van der Waals surface area contributed by atoms with Crippen molar-refractivity contribution in [1.82, 2.24) is 9.78 Å². The third-order valence-electron chi connectivity index (χ3n) is 3.06. The second-order valence-electron chi connectivity index (χ2n) is 4.93. The van der Waals surface area contributed by atoms with Gasteiger partial charge in [0.05, 0.1) is 10.6 Å². The minimum atomic E-state index is -4.63. The zero-order chi connectivity index (χ0) is 17.9. The summed E-state index contributed by atoms with van der Waals surface area (Å²) in [7, 11) is 0. The monoisotopic (exact) mass is 359 g/mol. The van der Waals surface area contributed by atoms with Gasteiger partial charge >= 0.3 is 6.18 Å². The number of amides is 1. The van der Waals surface area contributed by atoms with Crippen molar-refractivity contribution in [2.75, 3.05) is 5.32 Å². The normalized spacial score (nSPS) is 11.4. The number of aryl methyl sites for hydroxylation is 1. The summed E-state index contributed by atoms with van der Waals surface area (Å²) in [6.45, 7) is 2.17. The molecule has 1 amide bonds. The summed E-state index contributed by atoms with van der Waals surface area (Å²) in [5, 5.41) is 5.74. The molecule has 0 aliphatic heterocycles. The van der Waals surface area contributed by atoms with Crippen LogP contribution in [-0.2, 0) is 12.7 Å². The van der Waals surface area contributed by atoms with E-state index in [1.54, 1.807) is 0 Å². The van der Waals surface area contributed by atoms with Crippen LogP contribution >= 0.6 is 11.6 Å². The van der Waals surface area contributed by atoms with Gasteiger partial charge in [0.2, 0.25) is 0 Å². The number of anilines is 1. The maximum atomic E-state index is 12.8. The number of halogens is 4. The molecule has 1 aromatic heterocycles. The fourth-order valence-corrected chi connectivity index (χ4v) is 2.18. The first kappa shape index (κ1) is 18.0. The Kier molecular flexibility index (Phi) is 5.28. The molecule has 0 radical (unpaired) electrons. The first-order chi connectivity index (χ1) is 11.2. The molecule has 0 bridgehead atoms. The first-order valence-electron chi connectivity index (χ1n) is 6.98. The maximum Gasteiger partial charge on any atom is 0.417 e. The van der Waals surface area contributed by atoms with Crippen LogP contribution in [0.15, 0.2) is 35.1 Å². The van der Waals surface area contributed by atoms with Crippen molar-refractivity contribution in [3.8, 4) is 0 Å². The molecule has 2 aromatic rings. The van der Waals surface area contributed by atoms with E-state index in [9.17, 15) is 22.8 Å². The quantitative estimate of drug-likeness (QED) is 0.907. The Morgan fingerprint density at radius 2 is 2.00 bits per heavy atom. The van der Waals surface area contributed by atoms with Crippen LogP contribution in [0.5, 0.6) is 0 Å². The highest BCUT2D eigenvalue weighted by Crippen LogP contribution is 2.36. The largest absolute Gasteiger partial charge is 0.417 e. The van der Waals surface area contributed by atoms with Gasteiger partial charge in [-0.05, 0) is 30.7 Å². The summed E-state index contributed by atoms with van der Waals surface area (Å²) < 4.78 is 39.6. The predicted octanol–water partition coefficient (Wildman–Crippen LogP) is 3.58. The molecule has 0 atom stereocenters. The smallest absolute Gasteiger partial charge is 0.321 e. The van der Waals surface area contributed by atoms with Crippen LogP contribution in [0.3, 0.4) is 0 Å². The molecule has 1 N–H and O–H groups in total. The van der Waals surface area contributed by atoms with Gasteiger partial charge in [-0.25, -0.2) is 4.68 Å². The molecule has 0 aliphatic rings. The summed E-state index contributed by atoms with van der Waals surface area (Å²) >= 11 is 5.52. The number of aromatic nitrogens is 2. The number of benzene rings is 1. The van der Waals surface area contributed by atoms with Gasteiger partial charge in [-0.15, -0.1) is 0 Å². The van der Waals surface area contributed by atoms with Gasteiger partial charge in [-0.1, -0.05) is 18.5 Å². The van der Waals surface area contributed by atoms with E-state index in [1.807, 2.05) is 6.92 Å². The fraction of sp³-hybridized carbons (Fsp3) is 0.267. The highest BCUT2D eigenvalue weighted by Gasteiger charge is 2.33. The van der Waals surface area contributed by atoms with Crippen LogP contribution in [0.25, 0.3) is 0 Å². The van der Waals surface area contributed by atoms with Gasteiger partial charge in [0.1, 0.15) is 5.69 Å². The molecular formula is C15H13ClF3N3O2. The highest BCUT2D eigenvalue weighted by molar-refractivity contribution is 6.31. The van der Waals surface area contributed by atoms with Crippen LogP contribution in [0.2, 0.25) is 5.02 Å². The first-order valence-corrected chi connectivity index (χ1v) is 7.36. The number of hydrogen-bond acceptors (Lipinski definition) is 3. The second-order valence-corrected chi connectivity index (χ2v) is 5.33. The summed E-state index contributed by atoms with van der Waals surface area (Å²) in [5.74, 6) is -0.727. The standard InChI is InChI=1S/C15H13ClF3N3O2/c1-2-7-22-13(23)6-5-12(21-22)14(24)20-9-3-4-11(16)10(8-9)15(17,18)19/h3-6,8H,2,7H2,1H3,(H,20,24). The van der Waals surface area contributed by atoms with Crippen LogP contribution in [-0.4, -0.2) is 15.7 Å². The van der Waals surface area contributed by atoms with Gasteiger partial charge in [-0.2, -0.15) is 18.3 Å². The molecule has 9 heteroatoms. The predicted molar refractivity (Wildman–Crippen MR) is 83.2 cm³/mol. The Labute approximate surface area is 140 Å². The second kappa shape index (κ2) is 7.04. The average Bonchev–Trinajstić information content (AvgIpc) is 2.50. The third kappa shape index (κ3) is 4.14. The summed E-state index contributed by atoms with van der Waals surface area (Å²) in [5.41, 5.74) is -1.57. The van der Waals surface area contributed by atoms with Crippen LogP contribution in [0.1, 0.15) is 29.4 Å². The number of nitrogens with one attached hydrogen (secondary N) is 1. The van der Waals surface area contributed by atoms with Gasteiger partial charge < -0.3 is 5.32 Å². The van der Waals surface area contributed by atoms with E-state index < -0.39 is 22.7 Å². The fourth-order valence-electron chi connectivity index (χ4n) is 1.96. The zero-order valence-corrected chi connectivity index (χ0v) is 13.3.